The third kappa shape index (κ3) is 4.26. The third-order valence-corrected chi connectivity index (χ3v) is 3.58. The highest BCUT2D eigenvalue weighted by atomic mass is 16.1. The molecule has 1 aromatic carbocycles. The average Bonchev–Trinajstić information content (AvgIpc) is 3.09. The Hall–Kier alpha value is -2.95. The highest BCUT2D eigenvalue weighted by molar-refractivity contribution is 5.78. The van der Waals surface area contributed by atoms with Crippen molar-refractivity contribution < 1.29 is 4.79 Å². The van der Waals surface area contributed by atoms with E-state index >= 15 is 0 Å². The normalized spacial score (nSPS) is 11.8. The quantitative estimate of drug-likeness (QED) is 0.760. The molecule has 0 aliphatic heterocycles. The molecule has 116 valence electrons. The highest BCUT2D eigenvalue weighted by Crippen LogP contribution is 2.15. The SMILES string of the molecule is O=C(Cc1cccnc1)NC(Cn1ccnc1)c1ccccc1. The number of hydrogen-bond donors (Lipinski definition) is 1. The van der Waals surface area contributed by atoms with Crippen LogP contribution in [0.2, 0.25) is 0 Å². The maximum Gasteiger partial charge on any atom is 0.225 e. The lowest BCUT2D eigenvalue weighted by molar-refractivity contribution is -0.121. The maximum atomic E-state index is 12.4. The molecule has 1 atom stereocenters. The second-order valence-corrected chi connectivity index (χ2v) is 5.33. The first-order valence-electron chi connectivity index (χ1n) is 7.50. The molecule has 2 heterocycles. The number of pyridine rings is 1. The van der Waals surface area contributed by atoms with Crippen molar-refractivity contribution in [2.24, 2.45) is 0 Å². The smallest absolute Gasteiger partial charge is 0.225 e. The predicted molar refractivity (Wildman–Crippen MR) is 87.5 cm³/mol. The van der Waals surface area contributed by atoms with Gasteiger partial charge in [0.25, 0.3) is 0 Å². The molecule has 0 aliphatic carbocycles. The van der Waals surface area contributed by atoms with Crippen LogP contribution in [0.3, 0.4) is 0 Å². The maximum absolute atomic E-state index is 12.4. The van der Waals surface area contributed by atoms with Crippen molar-refractivity contribution in [1.82, 2.24) is 19.9 Å². The van der Waals surface area contributed by atoms with Crippen LogP contribution in [-0.4, -0.2) is 20.4 Å². The molecule has 5 heteroatoms. The monoisotopic (exact) mass is 306 g/mol. The number of carbonyl (C=O) groups excluding carboxylic acids is 1. The summed E-state index contributed by atoms with van der Waals surface area (Å²) in [7, 11) is 0. The molecule has 0 bridgehead atoms. The van der Waals surface area contributed by atoms with Gasteiger partial charge in [0.05, 0.1) is 18.8 Å². The Labute approximate surface area is 135 Å². The molecule has 0 spiro atoms. The van der Waals surface area contributed by atoms with Gasteiger partial charge < -0.3 is 9.88 Å². The first-order chi connectivity index (χ1) is 11.3. The van der Waals surface area contributed by atoms with Crippen LogP contribution < -0.4 is 5.32 Å². The second-order valence-electron chi connectivity index (χ2n) is 5.33. The van der Waals surface area contributed by atoms with Crippen LogP contribution in [0.15, 0.2) is 73.6 Å². The zero-order valence-corrected chi connectivity index (χ0v) is 12.7. The van der Waals surface area contributed by atoms with Crippen molar-refractivity contribution in [2.45, 2.75) is 19.0 Å². The van der Waals surface area contributed by atoms with E-state index in [2.05, 4.69) is 15.3 Å². The number of carbonyl (C=O) groups is 1. The molecule has 0 saturated heterocycles. The summed E-state index contributed by atoms with van der Waals surface area (Å²) < 4.78 is 1.96. The van der Waals surface area contributed by atoms with E-state index in [1.165, 1.54) is 0 Å². The summed E-state index contributed by atoms with van der Waals surface area (Å²) in [5.74, 6) is -0.0213. The largest absolute Gasteiger partial charge is 0.347 e. The van der Waals surface area contributed by atoms with Crippen LogP contribution in [0.5, 0.6) is 0 Å². The molecule has 5 nitrogen and oxygen atoms in total. The fraction of sp³-hybridized carbons (Fsp3) is 0.167. The topological polar surface area (TPSA) is 59.8 Å². The van der Waals surface area contributed by atoms with Crippen LogP contribution in [0.1, 0.15) is 17.2 Å². The van der Waals surface area contributed by atoms with E-state index in [1.54, 1.807) is 24.9 Å². The van der Waals surface area contributed by atoms with Gasteiger partial charge in [0, 0.05) is 31.3 Å². The summed E-state index contributed by atoms with van der Waals surface area (Å²) in [6, 6.07) is 13.6. The molecule has 0 aliphatic rings. The lowest BCUT2D eigenvalue weighted by Crippen LogP contribution is -2.32. The molecule has 3 rings (SSSR count). The van der Waals surface area contributed by atoms with Gasteiger partial charge in [-0.05, 0) is 17.2 Å². The summed E-state index contributed by atoms with van der Waals surface area (Å²) in [6.07, 6.45) is 9.12. The number of nitrogens with one attached hydrogen (secondary N) is 1. The zero-order valence-electron chi connectivity index (χ0n) is 12.7. The van der Waals surface area contributed by atoms with Crippen LogP contribution in [0.25, 0.3) is 0 Å². The number of aromatic nitrogens is 3. The fourth-order valence-corrected chi connectivity index (χ4v) is 2.46. The van der Waals surface area contributed by atoms with E-state index in [0.717, 1.165) is 11.1 Å². The van der Waals surface area contributed by atoms with E-state index in [9.17, 15) is 4.79 Å². The van der Waals surface area contributed by atoms with Crippen LogP contribution in [-0.2, 0) is 17.8 Å². The Morgan fingerprint density at radius 2 is 1.96 bits per heavy atom. The van der Waals surface area contributed by atoms with E-state index in [1.807, 2.05) is 53.2 Å². The van der Waals surface area contributed by atoms with E-state index in [0.29, 0.717) is 13.0 Å². The van der Waals surface area contributed by atoms with Crippen molar-refractivity contribution in [2.75, 3.05) is 0 Å². The Kier molecular flexibility index (Phi) is 4.79. The summed E-state index contributed by atoms with van der Waals surface area (Å²) in [6.45, 7) is 0.642. The Bertz CT molecular complexity index is 726. The summed E-state index contributed by atoms with van der Waals surface area (Å²) in [4.78, 5) is 20.5. The zero-order chi connectivity index (χ0) is 15.9. The highest BCUT2D eigenvalue weighted by Gasteiger charge is 2.15. The summed E-state index contributed by atoms with van der Waals surface area (Å²) in [5, 5.41) is 3.10. The molecule has 0 saturated carbocycles. The van der Waals surface area contributed by atoms with Gasteiger partial charge in [-0.15, -0.1) is 0 Å². The third-order valence-electron chi connectivity index (χ3n) is 3.58. The molecule has 1 amide bonds. The van der Waals surface area contributed by atoms with Gasteiger partial charge in [0.1, 0.15) is 0 Å². The number of amides is 1. The van der Waals surface area contributed by atoms with Gasteiger partial charge in [-0.1, -0.05) is 36.4 Å². The minimum Gasteiger partial charge on any atom is -0.347 e. The fourth-order valence-electron chi connectivity index (χ4n) is 2.46. The number of nitrogens with zero attached hydrogens (tertiary/aromatic N) is 3. The van der Waals surface area contributed by atoms with Crippen molar-refractivity contribution in [1.29, 1.82) is 0 Å². The minimum atomic E-state index is -0.102. The van der Waals surface area contributed by atoms with Crippen molar-refractivity contribution >= 4 is 5.91 Å². The predicted octanol–water partition coefficient (Wildman–Crippen LogP) is 2.38. The van der Waals surface area contributed by atoms with E-state index in [-0.39, 0.29) is 11.9 Å². The molecule has 0 fully saturated rings. The average molecular weight is 306 g/mol. The first kappa shape index (κ1) is 15.0. The van der Waals surface area contributed by atoms with Gasteiger partial charge in [-0.25, -0.2) is 4.98 Å². The Morgan fingerprint density at radius 3 is 2.65 bits per heavy atom. The second kappa shape index (κ2) is 7.35. The van der Waals surface area contributed by atoms with Crippen LogP contribution in [0, 0.1) is 0 Å². The van der Waals surface area contributed by atoms with Crippen LogP contribution in [0.4, 0.5) is 0 Å². The Balaban J connectivity index is 1.72. The summed E-state index contributed by atoms with van der Waals surface area (Å²) >= 11 is 0. The number of rotatable bonds is 6. The van der Waals surface area contributed by atoms with Crippen LogP contribution >= 0.6 is 0 Å². The number of hydrogen-bond acceptors (Lipinski definition) is 3. The lowest BCUT2D eigenvalue weighted by atomic mass is 10.1. The molecule has 1 N–H and O–H groups in total. The molecule has 1 unspecified atom stereocenters. The van der Waals surface area contributed by atoms with Gasteiger partial charge in [0.15, 0.2) is 0 Å². The Morgan fingerprint density at radius 1 is 1.09 bits per heavy atom. The molecule has 0 radical (unpaired) electrons. The minimum absolute atomic E-state index is 0.0213. The standard InChI is InChI=1S/C18H18N4O/c23-18(11-15-5-4-8-19-12-15)21-17(13-22-10-9-20-14-22)16-6-2-1-3-7-16/h1-10,12,14,17H,11,13H2,(H,21,23). The molecule has 3 aromatic rings. The van der Waals surface area contributed by atoms with Crippen molar-refractivity contribution in [3.05, 3.63) is 84.7 Å². The van der Waals surface area contributed by atoms with Gasteiger partial charge in [-0.3, -0.25) is 9.78 Å². The molecule has 23 heavy (non-hydrogen) atoms. The van der Waals surface area contributed by atoms with Gasteiger partial charge in [-0.2, -0.15) is 0 Å². The van der Waals surface area contributed by atoms with Gasteiger partial charge in [0.2, 0.25) is 5.91 Å². The summed E-state index contributed by atoms with van der Waals surface area (Å²) in [5.41, 5.74) is 1.97. The molecular formula is C18H18N4O. The van der Waals surface area contributed by atoms with Gasteiger partial charge >= 0.3 is 0 Å². The number of benzene rings is 1. The molecule has 2 aromatic heterocycles. The first-order valence-corrected chi connectivity index (χ1v) is 7.50. The number of imidazole rings is 1. The van der Waals surface area contributed by atoms with Crippen molar-refractivity contribution in [3.63, 3.8) is 0 Å². The lowest BCUT2D eigenvalue weighted by Gasteiger charge is -2.20. The van der Waals surface area contributed by atoms with Crippen molar-refractivity contribution in [3.8, 4) is 0 Å². The molecular weight excluding hydrogens is 288 g/mol. The van der Waals surface area contributed by atoms with E-state index in [4.69, 9.17) is 0 Å². The van der Waals surface area contributed by atoms with E-state index < -0.39 is 0 Å².